The zero-order chi connectivity index (χ0) is 14.5. The van der Waals surface area contributed by atoms with Crippen molar-refractivity contribution in [3.63, 3.8) is 0 Å². The third-order valence-corrected chi connectivity index (χ3v) is 4.87. The molecule has 1 saturated heterocycles. The highest BCUT2D eigenvalue weighted by Gasteiger charge is 2.22. The Labute approximate surface area is 134 Å². The summed E-state index contributed by atoms with van der Waals surface area (Å²) in [6.45, 7) is 3.45. The van der Waals surface area contributed by atoms with Crippen molar-refractivity contribution in [1.29, 1.82) is 0 Å². The SMILES string of the molecule is CNC(CCN1CCC(CO)C1)c1ccc(Br)cc1Cl. The summed E-state index contributed by atoms with van der Waals surface area (Å²) in [6.07, 6.45) is 2.13. The predicted octanol–water partition coefficient (Wildman–Crippen LogP) is 3.07. The van der Waals surface area contributed by atoms with Gasteiger partial charge in [0, 0.05) is 28.7 Å². The van der Waals surface area contributed by atoms with Gasteiger partial charge in [0.15, 0.2) is 0 Å². The molecule has 1 aliphatic rings. The number of rotatable bonds is 6. The maximum atomic E-state index is 9.19. The van der Waals surface area contributed by atoms with Crippen LogP contribution in [0, 0.1) is 5.92 Å². The minimum Gasteiger partial charge on any atom is -0.396 e. The number of benzene rings is 1. The summed E-state index contributed by atoms with van der Waals surface area (Å²) >= 11 is 9.77. The standard InChI is InChI=1S/C15H22BrClN2O/c1-18-15(13-3-2-12(16)8-14(13)17)5-7-19-6-4-11(9-19)10-20/h2-3,8,11,15,18,20H,4-7,9-10H2,1H3. The Hall–Kier alpha value is -0.130. The molecule has 2 atom stereocenters. The monoisotopic (exact) mass is 360 g/mol. The second kappa shape index (κ2) is 7.76. The lowest BCUT2D eigenvalue weighted by atomic mass is 10.0. The maximum Gasteiger partial charge on any atom is 0.0471 e. The van der Waals surface area contributed by atoms with Gasteiger partial charge in [-0.1, -0.05) is 33.6 Å². The fourth-order valence-electron chi connectivity index (χ4n) is 2.82. The summed E-state index contributed by atoms with van der Waals surface area (Å²) in [5.41, 5.74) is 1.15. The molecule has 1 fully saturated rings. The van der Waals surface area contributed by atoms with Gasteiger partial charge in [-0.05, 0) is 56.6 Å². The van der Waals surface area contributed by atoms with Gasteiger partial charge in [0.05, 0.1) is 0 Å². The van der Waals surface area contributed by atoms with Crippen LogP contribution in [0.2, 0.25) is 5.02 Å². The molecule has 5 heteroatoms. The quantitative estimate of drug-likeness (QED) is 0.817. The second-order valence-electron chi connectivity index (χ2n) is 5.43. The lowest BCUT2D eigenvalue weighted by molar-refractivity contribution is 0.219. The summed E-state index contributed by atoms with van der Waals surface area (Å²) in [6, 6.07) is 6.32. The highest BCUT2D eigenvalue weighted by Crippen LogP contribution is 2.28. The van der Waals surface area contributed by atoms with E-state index in [0.717, 1.165) is 47.5 Å². The topological polar surface area (TPSA) is 35.5 Å². The van der Waals surface area contributed by atoms with Crippen LogP contribution in [0.25, 0.3) is 0 Å². The normalized spacial score (nSPS) is 21.3. The molecular weight excluding hydrogens is 340 g/mol. The Morgan fingerprint density at radius 2 is 2.35 bits per heavy atom. The molecule has 3 nitrogen and oxygen atoms in total. The molecule has 20 heavy (non-hydrogen) atoms. The first-order valence-electron chi connectivity index (χ1n) is 7.09. The maximum absolute atomic E-state index is 9.19. The molecule has 112 valence electrons. The van der Waals surface area contributed by atoms with Crippen LogP contribution < -0.4 is 5.32 Å². The number of likely N-dealkylation sites (tertiary alicyclic amines) is 1. The molecule has 1 aromatic carbocycles. The number of aliphatic hydroxyl groups excluding tert-OH is 1. The Morgan fingerprint density at radius 1 is 1.55 bits per heavy atom. The average Bonchev–Trinajstić information content (AvgIpc) is 2.89. The summed E-state index contributed by atoms with van der Waals surface area (Å²) in [7, 11) is 1.98. The first-order chi connectivity index (χ1) is 9.63. The van der Waals surface area contributed by atoms with Crippen LogP contribution in [-0.2, 0) is 0 Å². The molecule has 1 aliphatic heterocycles. The van der Waals surface area contributed by atoms with Gasteiger partial charge >= 0.3 is 0 Å². The first-order valence-corrected chi connectivity index (χ1v) is 8.26. The molecule has 0 radical (unpaired) electrons. The number of hydrogen-bond acceptors (Lipinski definition) is 3. The number of nitrogens with one attached hydrogen (secondary N) is 1. The van der Waals surface area contributed by atoms with E-state index in [-0.39, 0.29) is 6.04 Å². The van der Waals surface area contributed by atoms with Gasteiger partial charge in [-0.2, -0.15) is 0 Å². The van der Waals surface area contributed by atoms with E-state index in [0.29, 0.717) is 12.5 Å². The summed E-state index contributed by atoms with van der Waals surface area (Å²) < 4.78 is 1.01. The lowest BCUT2D eigenvalue weighted by Crippen LogP contribution is -2.27. The van der Waals surface area contributed by atoms with Crippen molar-refractivity contribution in [2.24, 2.45) is 5.92 Å². The van der Waals surface area contributed by atoms with Crippen molar-refractivity contribution in [3.8, 4) is 0 Å². The lowest BCUT2D eigenvalue weighted by Gasteiger charge is -2.22. The fraction of sp³-hybridized carbons (Fsp3) is 0.600. The van der Waals surface area contributed by atoms with Gasteiger partial charge in [-0.25, -0.2) is 0 Å². The third kappa shape index (κ3) is 4.18. The van der Waals surface area contributed by atoms with Crippen molar-refractivity contribution in [2.45, 2.75) is 18.9 Å². The van der Waals surface area contributed by atoms with Gasteiger partial charge < -0.3 is 15.3 Å². The van der Waals surface area contributed by atoms with Crippen LogP contribution in [0.4, 0.5) is 0 Å². The van der Waals surface area contributed by atoms with Gasteiger partial charge in [-0.15, -0.1) is 0 Å². The van der Waals surface area contributed by atoms with E-state index >= 15 is 0 Å². The van der Waals surface area contributed by atoms with Crippen molar-refractivity contribution >= 4 is 27.5 Å². The molecule has 0 saturated carbocycles. The van der Waals surface area contributed by atoms with E-state index in [1.807, 2.05) is 19.2 Å². The van der Waals surface area contributed by atoms with E-state index in [2.05, 4.69) is 32.2 Å². The molecule has 0 bridgehead atoms. The summed E-state index contributed by atoms with van der Waals surface area (Å²) in [4.78, 5) is 2.43. The predicted molar refractivity (Wildman–Crippen MR) is 87.2 cm³/mol. The van der Waals surface area contributed by atoms with Gasteiger partial charge in [-0.3, -0.25) is 0 Å². The van der Waals surface area contributed by atoms with Crippen molar-refractivity contribution in [1.82, 2.24) is 10.2 Å². The molecule has 1 heterocycles. The van der Waals surface area contributed by atoms with E-state index in [1.54, 1.807) is 0 Å². The minimum absolute atomic E-state index is 0.267. The minimum atomic E-state index is 0.267. The Balaban J connectivity index is 1.92. The highest BCUT2D eigenvalue weighted by molar-refractivity contribution is 9.10. The van der Waals surface area contributed by atoms with Crippen LogP contribution >= 0.6 is 27.5 Å². The Morgan fingerprint density at radius 3 is 2.95 bits per heavy atom. The van der Waals surface area contributed by atoms with Crippen LogP contribution in [0.15, 0.2) is 22.7 Å². The van der Waals surface area contributed by atoms with Crippen molar-refractivity contribution < 1.29 is 5.11 Å². The molecule has 0 aliphatic carbocycles. The second-order valence-corrected chi connectivity index (χ2v) is 6.76. The van der Waals surface area contributed by atoms with E-state index in [1.165, 1.54) is 0 Å². The highest BCUT2D eigenvalue weighted by atomic mass is 79.9. The van der Waals surface area contributed by atoms with Crippen LogP contribution in [0.3, 0.4) is 0 Å². The summed E-state index contributed by atoms with van der Waals surface area (Å²) in [5, 5.41) is 13.3. The molecule has 2 N–H and O–H groups in total. The van der Waals surface area contributed by atoms with Crippen molar-refractivity contribution in [3.05, 3.63) is 33.3 Å². The number of hydrogen-bond donors (Lipinski definition) is 2. The van der Waals surface area contributed by atoms with Crippen LogP contribution in [0.5, 0.6) is 0 Å². The Kier molecular flexibility index (Phi) is 6.30. The smallest absolute Gasteiger partial charge is 0.0471 e. The molecule has 2 rings (SSSR count). The zero-order valence-corrected chi connectivity index (χ0v) is 14.1. The van der Waals surface area contributed by atoms with Crippen LogP contribution in [0.1, 0.15) is 24.4 Å². The fourth-order valence-corrected chi connectivity index (χ4v) is 3.62. The van der Waals surface area contributed by atoms with Gasteiger partial charge in [0.25, 0.3) is 0 Å². The molecule has 0 amide bonds. The van der Waals surface area contributed by atoms with E-state index < -0.39 is 0 Å². The van der Waals surface area contributed by atoms with Gasteiger partial charge in [0.2, 0.25) is 0 Å². The Bertz CT molecular complexity index is 444. The molecule has 0 aromatic heterocycles. The molecule has 2 unspecified atom stereocenters. The molecule has 0 spiro atoms. The first kappa shape index (κ1) is 16.2. The number of nitrogens with zero attached hydrogens (tertiary/aromatic N) is 1. The third-order valence-electron chi connectivity index (χ3n) is 4.05. The largest absolute Gasteiger partial charge is 0.396 e. The molecular formula is C15H22BrClN2O. The van der Waals surface area contributed by atoms with E-state index in [4.69, 9.17) is 11.6 Å². The average molecular weight is 362 g/mol. The summed E-state index contributed by atoms with van der Waals surface area (Å²) in [5.74, 6) is 0.458. The zero-order valence-electron chi connectivity index (χ0n) is 11.8. The number of aliphatic hydroxyl groups is 1. The van der Waals surface area contributed by atoms with Gasteiger partial charge in [0.1, 0.15) is 0 Å². The van der Waals surface area contributed by atoms with Crippen LogP contribution in [-0.4, -0.2) is 43.3 Å². The molecule has 1 aromatic rings. The van der Waals surface area contributed by atoms with E-state index in [9.17, 15) is 5.11 Å². The van der Waals surface area contributed by atoms with Crippen molar-refractivity contribution in [2.75, 3.05) is 33.3 Å². The number of halogens is 2.